The predicted molar refractivity (Wildman–Crippen MR) is 41.5 cm³/mol. The first kappa shape index (κ1) is 6.68. The van der Waals surface area contributed by atoms with Crippen molar-refractivity contribution < 1.29 is 4.99 Å². The van der Waals surface area contributed by atoms with Crippen LogP contribution in [0, 0.1) is 0 Å². The lowest BCUT2D eigenvalue weighted by atomic mass is 10.4. The first-order valence-electron chi connectivity index (χ1n) is 2.99. The molecule has 0 amide bonds. The summed E-state index contributed by atoms with van der Waals surface area (Å²) < 4.78 is 0. The molecular weight excluding hydrogens is 132 g/mol. The van der Waals surface area contributed by atoms with Crippen LogP contribution >= 0.6 is 11.8 Å². The lowest BCUT2D eigenvalue weighted by molar-refractivity contribution is -0.451. The average Bonchev–Trinajstić information content (AvgIpc) is 1.91. The Morgan fingerprint density at radius 2 is 2.56 bits per heavy atom. The van der Waals surface area contributed by atoms with E-state index in [4.69, 9.17) is 5.73 Å². The van der Waals surface area contributed by atoms with Crippen LogP contribution < -0.4 is 10.7 Å². The molecule has 0 saturated carbocycles. The molecule has 1 heterocycles. The second-order valence-electron chi connectivity index (χ2n) is 1.86. The summed E-state index contributed by atoms with van der Waals surface area (Å²) in [5.74, 6) is 2.29. The lowest BCUT2D eigenvalue weighted by Crippen LogP contribution is -2.75. The fraction of sp³-hybridized carbons (Fsp3) is 0.500. The molecule has 0 aromatic heterocycles. The van der Waals surface area contributed by atoms with E-state index < -0.39 is 0 Å². The molecule has 3 N–H and O–H groups in total. The van der Waals surface area contributed by atoms with Crippen LogP contribution in [0.1, 0.15) is 0 Å². The van der Waals surface area contributed by atoms with Gasteiger partial charge in [0.05, 0.1) is 11.5 Å². The third-order valence-electron chi connectivity index (χ3n) is 1.15. The van der Waals surface area contributed by atoms with Gasteiger partial charge in [0.1, 0.15) is 6.54 Å². The molecule has 50 valence electrons. The van der Waals surface area contributed by atoms with E-state index in [9.17, 15) is 0 Å². The summed E-state index contributed by atoms with van der Waals surface area (Å²) in [5.41, 5.74) is 6.45. The van der Waals surface area contributed by atoms with Gasteiger partial charge in [-0.25, -0.2) is 4.99 Å². The summed E-state index contributed by atoms with van der Waals surface area (Å²) in [6.45, 7) is 1.07. The van der Waals surface area contributed by atoms with E-state index in [1.54, 1.807) is 6.20 Å². The van der Waals surface area contributed by atoms with Crippen molar-refractivity contribution in [3.05, 3.63) is 12.3 Å². The Balaban J connectivity index is 2.46. The minimum absolute atomic E-state index is 1.07. The molecule has 1 rings (SSSR count). The van der Waals surface area contributed by atoms with E-state index in [1.807, 2.05) is 17.8 Å². The minimum atomic E-state index is 1.07. The lowest BCUT2D eigenvalue weighted by Gasteiger charge is -2.00. The summed E-state index contributed by atoms with van der Waals surface area (Å²) in [4.78, 5) is 3.25. The molecule has 0 radical (unpaired) electrons. The third kappa shape index (κ3) is 2.10. The first-order chi connectivity index (χ1) is 4.43. The summed E-state index contributed by atoms with van der Waals surface area (Å²) in [7, 11) is 0. The standard InChI is InChI=1S/C6H10N2S/c7-2-1-6-5-9-4-3-8-6/h1-2H,3-5,7H2/p+1. The molecule has 0 aromatic carbocycles. The van der Waals surface area contributed by atoms with Crippen LogP contribution in [-0.4, -0.2) is 23.8 Å². The highest BCUT2D eigenvalue weighted by molar-refractivity contribution is 8.00. The zero-order chi connectivity index (χ0) is 6.53. The molecule has 2 nitrogen and oxygen atoms in total. The molecule has 1 aliphatic heterocycles. The number of hydrogen-bond donors (Lipinski definition) is 2. The van der Waals surface area contributed by atoms with E-state index in [2.05, 4.69) is 4.99 Å². The maximum absolute atomic E-state index is 5.21. The van der Waals surface area contributed by atoms with Crippen LogP contribution in [0.3, 0.4) is 0 Å². The number of allylic oxidation sites excluding steroid dienone is 1. The molecule has 9 heavy (non-hydrogen) atoms. The smallest absolute Gasteiger partial charge is 0.185 e. The van der Waals surface area contributed by atoms with Gasteiger partial charge < -0.3 is 5.73 Å². The number of nitrogens with two attached hydrogens (primary N) is 1. The monoisotopic (exact) mass is 143 g/mol. The third-order valence-corrected chi connectivity index (χ3v) is 2.16. The topological polar surface area (TPSA) is 40.0 Å². The number of thioether (sulfide) groups is 1. The van der Waals surface area contributed by atoms with Gasteiger partial charge in [-0.2, -0.15) is 0 Å². The van der Waals surface area contributed by atoms with Crippen LogP contribution in [0.25, 0.3) is 0 Å². The first-order valence-corrected chi connectivity index (χ1v) is 4.14. The highest BCUT2D eigenvalue weighted by Gasteiger charge is 2.06. The molecule has 0 aliphatic carbocycles. The molecule has 0 atom stereocenters. The number of hydrogen-bond acceptors (Lipinski definition) is 2. The van der Waals surface area contributed by atoms with Crippen LogP contribution in [0.15, 0.2) is 12.3 Å². The van der Waals surface area contributed by atoms with Gasteiger partial charge in [0.25, 0.3) is 0 Å². The fourth-order valence-electron chi connectivity index (χ4n) is 0.740. The van der Waals surface area contributed by atoms with E-state index in [1.165, 1.54) is 11.5 Å². The van der Waals surface area contributed by atoms with Crippen molar-refractivity contribution in [2.24, 2.45) is 5.73 Å². The van der Waals surface area contributed by atoms with Crippen LogP contribution in [0.2, 0.25) is 0 Å². The highest BCUT2D eigenvalue weighted by Crippen LogP contribution is 1.98. The van der Waals surface area contributed by atoms with Crippen LogP contribution in [-0.2, 0) is 0 Å². The van der Waals surface area contributed by atoms with Crippen molar-refractivity contribution in [1.82, 2.24) is 0 Å². The highest BCUT2D eigenvalue weighted by atomic mass is 32.2. The summed E-state index contributed by atoms with van der Waals surface area (Å²) in [6, 6.07) is 0. The summed E-state index contributed by atoms with van der Waals surface area (Å²) in [6.07, 6.45) is 3.50. The normalized spacial score (nSPS) is 20.2. The molecule has 0 aromatic rings. The quantitative estimate of drug-likeness (QED) is 0.480. The van der Waals surface area contributed by atoms with Crippen molar-refractivity contribution in [2.75, 3.05) is 18.1 Å². The van der Waals surface area contributed by atoms with Gasteiger partial charge in [0.15, 0.2) is 5.71 Å². The van der Waals surface area contributed by atoms with Crippen molar-refractivity contribution in [1.29, 1.82) is 0 Å². The minimum Gasteiger partial charge on any atom is -0.404 e. The van der Waals surface area contributed by atoms with Gasteiger partial charge in [0.2, 0.25) is 0 Å². The zero-order valence-electron chi connectivity index (χ0n) is 5.26. The Morgan fingerprint density at radius 1 is 1.67 bits per heavy atom. The van der Waals surface area contributed by atoms with E-state index in [-0.39, 0.29) is 0 Å². The van der Waals surface area contributed by atoms with Crippen molar-refractivity contribution in [3.63, 3.8) is 0 Å². The van der Waals surface area contributed by atoms with Gasteiger partial charge in [-0.05, 0) is 0 Å². The van der Waals surface area contributed by atoms with Gasteiger partial charge in [-0.15, -0.1) is 11.8 Å². The molecule has 0 saturated heterocycles. The molecular formula is C6H11N2S+. The van der Waals surface area contributed by atoms with Gasteiger partial charge >= 0.3 is 0 Å². The second kappa shape index (κ2) is 3.56. The zero-order valence-corrected chi connectivity index (χ0v) is 6.08. The predicted octanol–water partition coefficient (Wildman–Crippen LogP) is -1.27. The average molecular weight is 143 g/mol. The Morgan fingerprint density at radius 3 is 3.11 bits per heavy atom. The van der Waals surface area contributed by atoms with E-state index in [0.29, 0.717) is 0 Å². The van der Waals surface area contributed by atoms with Crippen molar-refractivity contribution in [2.45, 2.75) is 0 Å². The van der Waals surface area contributed by atoms with E-state index >= 15 is 0 Å². The summed E-state index contributed by atoms with van der Waals surface area (Å²) >= 11 is 1.94. The number of nitrogens with one attached hydrogen (secondary N) is 1. The maximum atomic E-state index is 5.21. The second-order valence-corrected chi connectivity index (χ2v) is 2.97. The maximum Gasteiger partial charge on any atom is 0.185 e. The van der Waals surface area contributed by atoms with Gasteiger partial charge in [-0.3, -0.25) is 0 Å². The molecule has 0 spiro atoms. The van der Waals surface area contributed by atoms with Gasteiger partial charge in [-0.1, -0.05) is 0 Å². The van der Waals surface area contributed by atoms with Gasteiger partial charge in [0, 0.05) is 12.3 Å². The Hall–Kier alpha value is -0.440. The van der Waals surface area contributed by atoms with Crippen molar-refractivity contribution >= 4 is 17.5 Å². The Labute approximate surface area is 59.2 Å². The summed E-state index contributed by atoms with van der Waals surface area (Å²) in [5, 5.41) is 0. The Bertz CT molecular complexity index is 140. The Kier molecular flexibility index (Phi) is 2.64. The number of rotatable bonds is 1. The molecule has 0 bridgehead atoms. The SMILES string of the molecule is NC=CC1=[NH+]CCSC1. The molecule has 3 heteroatoms. The molecule has 0 fully saturated rings. The van der Waals surface area contributed by atoms with Crippen LogP contribution in [0.5, 0.6) is 0 Å². The molecule has 0 unspecified atom stereocenters. The van der Waals surface area contributed by atoms with Crippen molar-refractivity contribution in [3.8, 4) is 0 Å². The van der Waals surface area contributed by atoms with Crippen LogP contribution in [0.4, 0.5) is 0 Å². The van der Waals surface area contributed by atoms with E-state index in [0.717, 1.165) is 12.3 Å². The largest absolute Gasteiger partial charge is 0.404 e. The fourth-order valence-corrected chi connectivity index (χ4v) is 1.55. The molecule has 1 aliphatic rings.